The Bertz CT molecular complexity index is 775. The van der Waals surface area contributed by atoms with Gasteiger partial charge in [-0.3, -0.25) is 15.0 Å². The number of nitrogens with zero attached hydrogens (tertiary/aromatic N) is 2. The molecule has 1 N–H and O–H groups in total. The first-order valence-electron chi connectivity index (χ1n) is 7.79. The van der Waals surface area contributed by atoms with Crippen molar-refractivity contribution in [2.45, 2.75) is 6.54 Å². The Morgan fingerprint density at radius 3 is 3.04 bits per heavy atom. The summed E-state index contributed by atoms with van der Waals surface area (Å²) in [5.74, 6) is -0.721. The Balaban J connectivity index is 1.56. The molecule has 1 amide bonds. The van der Waals surface area contributed by atoms with Crippen molar-refractivity contribution in [3.05, 3.63) is 51.2 Å². The van der Waals surface area contributed by atoms with E-state index < -0.39 is 0 Å². The first-order chi connectivity index (χ1) is 12.1. The minimum atomic E-state index is -0.380. The molecule has 0 radical (unpaired) electrons. The van der Waals surface area contributed by atoms with Crippen LogP contribution >= 0.6 is 27.3 Å². The van der Waals surface area contributed by atoms with E-state index >= 15 is 0 Å². The molecule has 0 aliphatic carbocycles. The highest BCUT2D eigenvalue weighted by molar-refractivity contribution is 9.10. The quantitative estimate of drug-likeness (QED) is 0.744. The summed E-state index contributed by atoms with van der Waals surface area (Å²) in [6.07, 6.45) is 2.74. The summed E-state index contributed by atoms with van der Waals surface area (Å²) >= 11 is 4.66. The second-order valence-corrected chi connectivity index (χ2v) is 7.29. The molecule has 2 aromatic rings. The Hall–Kier alpha value is -1.61. The number of carbonyl (C=O) groups excluding carboxylic acids is 1. The molecule has 1 aromatic heterocycles. The summed E-state index contributed by atoms with van der Waals surface area (Å²) in [6, 6.07) is 4.57. The number of ether oxygens (including phenoxy) is 1. The number of thiazole rings is 1. The minimum Gasteiger partial charge on any atom is -0.379 e. The fourth-order valence-corrected chi connectivity index (χ4v) is 3.46. The van der Waals surface area contributed by atoms with Crippen LogP contribution in [0.1, 0.15) is 11.3 Å². The fraction of sp³-hybridized carbons (Fsp3) is 0.294. The standard InChI is InChI=1S/C17H17BrFN3O2S/c18-13-2-3-15(19)12(9-13)1-4-16(23)21-17-20-14(11-25-17)10-22-5-7-24-8-6-22/h1-4,9,11H,5-8,10H2,(H,20,21,23). The third-order valence-electron chi connectivity index (χ3n) is 3.64. The van der Waals surface area contributed by atoms with Crippen molar-refractivity contribution >= 4 is 44.4 Å². The third kappa shape index (κ3) is 5.43. The number of nitrogens with one attached hydrogen (secondary N) is 1. The average molecular weight is 426 g/mol. The molecule has 5 nitrogen and oxygen atoms in total. The van der Waals surface area contributed by atoms with Gasteiger partial charge in [0.15, 0.2) is 5.13 Å². The number of aromatic nitrogens is 1. The molecule has 3 rings (SSSR count). The van der Waals surface area contributed by atoms with Gasteiger partial charge in [0, 0.05) is 41.1 Å². The van der Waals surface area contributed by atoms with E-state index in [1.807, 2.05) is 5.38 Å². The maximum Gasteiger partial charge on any atom is 0.250 e. The second-order valence-electron chi connectivity index (χ2n) is 5.52. The van der Waals surface area contributed by atoms with Gasteiger partial charge in [-0.1, -0.05) is 15.9 Å². The molecule has 1 fully saturated rings. The van der Waals surface area contributed by atoms with E-state index in [2.05, 4.69) is 31.1 Å². The minimum absolute atomic E-state index is 0.341. The van der Waals surface area contributed by atoms with Crippen LogP contribution in [0.2, 0.25) is 0 Å². The molecule has 1 saturated heterocycles. The molecule has 1 aromatic carbocycles. The molecule has 0 unspecified atom stereocenters. The number of amides is 1. The SMILES string of the molecule is O=C(C=Cc1cc(Br)ccc1F)Nc1nc(CN2CCOCC2)cs1. The Kier molecular flexibility index (Phi) is 6.30. The monoisotopic (exact) mass is 425 g/mol. The lowest BCUT2D eigenvalue weighted by atomic mass is 10.2. The lowest BCUT2D eigenvalue weighted by Crippen LogP contribution is -2.35. The number of benzene rings is 1. The van der Waals surface area contributed by atoms with Crippen molar-refractivity contribution in [1.29, 1.82) is 0 Å². The third-order valence-corrected chi connectivity index (χ3v) is 4.94. The highest BCUT2D eigenvalue weighted by Crippen LogP contribution is 2.19. The smallest absolute Gasteiger partial charge is 0.250 e. The van der Waals surface area contributed by atoms with Crippen LogP contribution in [-0.4, -0.2) is 42.1 Å². The molecule has 25 heavy (non-hydrogen) atoms. The molecular formula is C17H17BrFN3O2S. The zero-order chi connectivity index (χ0) is 17.6. The van der Waals surface area contributed by atoms with Crippen LogP contribution in [0.5, 0.6) is 0 Å². The van der Waals surface area contributed by atoms with E-state index in [-0.39, 0.29) is 11.7 Å². The molecule has 0 spiro atoms. The Morgan fingerprint density at radius 1 is 1.44 bits per heavy atom. The zero-order valence-electron chi connectivity index (χ0n) is 13.4. The molecule has 1 aliphatic heterocycles. The van der Waals surface area contributed by atoms with Crippen LogP contribution in [-0.2, 0) is 16.1 Å². The molecule has 0 atom stereocenters. The molecule has 132 valence electrons. The van der Waals surface area contributed by atoms with Crippen molar-refractivity contribution in [2.24, 2.45) is 0 Å². The van der Waals surface area contributed by atoms with Crippen LogP contribution in [0.4, 0.5) is 9.52 Å². The predicted octanol–water partition coefficient (Wildman–Crippen LogP) is 3.53. The van der Waals surface area contributed by atoms with E-state index in [0.29, 0.717) is 10.7 Å². The predicted molar refractivity (Wildman–Crippen MR) is 100.0 cm³/mol. The number of hydrogen-bond acceptors (Lipinski definition) is 5. The summed E-state index contributed by atoms with van der Waals surface area (Å²) in [5, 5.41) is 5.18. The highest BCUT2D eigenvalue weighted by atomic mass is 79.9. The number of anilines is 1. The van der Waals surface area contributed by atoms with E-state index in [9.17, 15) is 9.18 Å². The zero-order valence-corrected chi connectivity index (χ0v) is 15.8. The first kappa shape index (κ1) is 18.2. The number of halogens is 2. The van der Waals surface area contributed by atoms with E-state index in [1.165, 1.54) is 29.6 Å². The van der Waals surface area contributed by atoms with Gasteiger partial charge >= 0.3 is 0 Å². The second kappa shape index (κ2) is 8.66. The summed E-state index contributed by atoms with van der Waals surface area (Å²) in [7, 11) is 0. The van der Waals surface area contributed by atoms with Gasteiger partial charge in [0.1, 0.15) is 5.82 Å². The summed E-state index contributed by atoms with van der Waals surface area (Å²) < 4.78 is 19.7. The topological polar surface area (TPSA) is 54.5 Å². The van der Waals surface area contributed by atoms with Crippen molar-refractivity contribution < 1.29 is 13.9 Å². The molecule has 0 saturated carbocycles. The van der Waals surface area contributed by atoms with Gasteiger partial charge in [-0.2, -0.15) is 0 Å². The fourth-order valence-electron chi connectivity index (χ4n) is 2.38. The Morgan fingerprint density at radius 2 is 2.24 bits per heavy atom. The number of hydrogen-bond donors (Lipinski definition) is 1. The maximum atomic E-state index is 13.6. The first-order valence-corrected chi connectivity index (χ1v) is 9.46. The van der Waals surface area contributed by atoms with Crippen LogP contribution < -0.4 is 5.32 Å². The van der Waals surface area contributed by atoms with Crippen LogP contribution in [0, 0.1) is 5.82 Å². The molecule has 8 heteroatoms. The Labute approximate surface area is 157 Å². The molecule has 0 bridgehead atoms. The summed E-state index contributed by atoms with van der Waals surface area (Å²) in [6.45, 7) is 4.00. The van der Waals surface area contributed by atoms with Crippen molar-refractivity contribution in [3.63, 3.8) is 0 Å². The molecular weight excluding hydrogens is 409 g/mol. The number of rotatable bonds is 5. The van der Waals surface area contributed by atoms with Crippen molar-refractivity contribution in [2.75, 3.05) is 31.6 Å². The van der Waals surface area contributed by atoms with E-state index in [1.54, 1.807) is 12.1 Å². The van der Waals surface area contributed by atoms with Gasteiger partial charge in [-0.15, -0.1) is 11.3 Å². The van der Waals surface area contributed by atoms with Gasteiger partial charge in [0.05, 0.1) is 18.9 Å². The van der Waals surface area contributed by atoms with Gasteiger partial charge in [0.25, 0.3) is 0 Å². The largest absolute Gasteiger partial charge is 0.379 e. The van der Waals surface area contributed by atoms with Gasteiger partial charge < -0.3 is 4.74 Å². The lowest BCUT2D eigenvalue weighted by Gasteiger charge is -2.25. The highest BCUT2D eigenvalue weighted by Gasteiger charge is 2.13. The van der Waals surface area contributed by atoms with Gasteiger partial charge in [-0.25, -0.2) is 9.37 Å². The number of morpholine rings is 1. The van der Waals surface area contributed by atoms with Crippen LogP contribution in [0.25, 0.3) is 6.08 Å². The van der Waals surface area contributed by atoms with E-state index in [4.69, 9.17) is 4.74 Å². The molecule has 2 heterocycles. The summed E-state index contributed by atoms with van der Waals surface area (Å²) in [4.78, 5) is 18.7. The lowest BCUT2D eigenvalue weighted by molar-refractivity contribution is -0.111. The molecule has 1 aliphatic rings. The van der Waals surface area contributed by atoms with Crippen LogP contribution in [0.3, 0.4) is 0 Å². The number of carbonyl (C=O) groups is 1. The summed E-state index contributed by atoms with van der Waals surface area (Å²) in [5.41, 5.74) is 1.26. The normalized spacial score (nSPS) is 15.6. The maximum absolute atomic E-state index is 13.6. The van der Waals surface area contributed by atoms with Gasteiger partial charge in [-0.05, 0) is 24.3 Å². The van der Waals surface area contributed by atoms with Crippen molar-refractivity contribution in [3.8, 4) is 0 Å². The van der Waals surface area contributed by atoms with Crippen LogP contribution in [0.15, 0.2) is 34.1 Å². The van der Waals surface area contributed by atoms with Crippen molar-refractivity contribution in [1.82, 2.24) is 9.88 Å². The average Bonchev–Trinajstić information content (AvgIpc) is 3.03. The van der Waals surface area contributed by atoms with E-state index in [0.717, 1.165) is 43.0 Å². The van der Waals surface area contributed by atoms with Gasteiger partial charge in [0.2, 0.25) is 5.91 Å².